The first-order valence-electron chi connectivity index (χ1n) is 9.78. The van der Waals surface area contributed by atoms with Gasteiger partial charge in [-0.2, -0.15) is 5.26 Å². The Labute approximate surface area is 140 Å². The molecule has 1 radical (unpaired) electrons. The maximum Gasteiger partial charge on any atom is 0.0669 e. The summed E-state index contributed by atoms with van der Waals surface area (Å²) in [6.07, 6.45) is 27.7. The number of allylic oxidation sites excluding steroid dienone is 2. The van der Waals surface area contributed by atoms with Crippen molar-refractivity contribution in [3.05, 3.63) is 18.6 Å². The van der Waals surface area contributed by atoms with Crippen molar-refractivity contribution in [3.63, 3.8) is 0 Å². The molecule has 0 N–H and O–H groups in total. The van der Waals surface area contributed by atoms with Gasteiger partial charge in [-0.3, -0.25) is 0 Å². The topological polar surface area (TPSA) is 23.8 Å². The molecule has 0 aliphatic heterocycles. The molecule has 0 unspecified atom stereocenters. The van der Waals surface area contributed by atoms with E-state index in [-0.39, 0.29) is 0 Å². The third-order valence-corrected chi connectivity index (χ3v) is 4.20. The summed E-state index contributed by atoms with van der Waals surface area (Å²) in [5, 5.41) is 8.39. The predicted molar refractivity (Wildman–Crippen MR) is 98.6 cm³/mol. The Hall–Kier alpha value is -0.770. The summed E-state index contributed by atoms with van der Waals surface area (Å²) in [6, 6.07) is 2.09. The molecule has 0 aromatic rings. The van der Waals surface area contributed by atoms with Crippen LogP contribution < -0.4 is 0 Å². The molecule has 0 heterocycles. The standard InChI is InChI=1S/C21H38N/c1-2-3-4-5-6-7-8-9-10-11-12-13-14-15-16-17-18-19-20-21-22/h10-11,20H,2-9,12-19H2,1H3. The molecule has 0 atom stereocenters. The Morgan fingerprint density at radius 1 is 0.591 bits per heavy atom. The van der Waals surface area contributed by atoms with Gasteiger partial charge >= 0.3 is 0 Å². The fourth-order valence-electron chi connectivity index (χ4n) is 2.74. The van der Waals surface area contributed by atoms with Gasteiger partial charge in [0.1, 0.15) is 0 Å². The Balaban J connectivity index is 3.04. The third-order valence-electron chi connectivity index (χ3n) is 4.20. The lowest BCUT2D eigenvalue weighted by molar-refractivity contribution is 0.590. The zero-order valence-electron chi connectivity index (χ0n) is 15.0. The van der Waals surface area contributed by atoms with E-state index in [9.17, 15) is 0 Å². The van der Waals surface area contributed by atoms with Crippen molar-refractivity contribution in [2.45, 2.75) is 110 Å². The van der Waals surface area contributed by atoms with E-state index in [1.54, 1.807) is 6.42 Å². The summed E-state index contributed by atoms with van der Waals surface area (Å²) < 4.78 is 0. The van der Waals surface area contributed by atoms with Crippen molar-refractivity contribution in [2.24, 2.45) is 0 Å². The first-order valence-corrected chi connectivity index (χ1v) is 9.78. The highest BCUT2D eigenvalue weighted by atomic mass is 14.2. The summed E-state index contributed by atoms with van der Waals surface area (Å²) in [7, 11) is 0. The van der Waals surface area contributed by atoms with Crippen molar-refractivity contribution in [1.29, 1.82) is 5.26 Å². The number of hydrogen-bond donors (Lipinski definition) is 0. The van der Waals surface area contributed by atoms with Gasteiger partial charge in [0.2, 0.25) is 0 Å². The predicted octanol–water partition coefficient (Wildman–Crippen LogP) is 7.53. The first-order chi connectivity index (χ1) is 10.9. The van der Waals surface area contributed by atoms with Gasteiger partial charge in [-0.1, -0.05) is 89.7 Å². The van der Waals surface area contributed by atoms with Gasteiger partial charge in [-0.15, -0.1) is 0 Å². The van der Waals surface area contributed by atoms with E-state index in [2.05, 4.69) is 25.1 Å². The first kappa shape index (κ1) is 21.2. The minimum atomic E-state index is 0.970. The molecular formula is C21H38N. The van der Waals surface area contributed by atoms with E-state index in [0.29, 0.717) is 0 Å². The van der Waals surface area contributed by atoms with E-state index in [4.69, 9.17) is 5.26 Å². The number of nitriles is 1. The normalized spacial score (nSPS) is 11.1. The largest absolute Gasteiger partial charge is 0.198 e. The highest BCUT2D eigenvalue weighted by Crippen LogP contribution is 2.11. The summed E-state index contributed by atoms with van der Waals surface area (Å²) in [4.78, 5) is 0. The molecule has 0 amide bonds. The van der Waals surface area contributed by atoms with Gasteiger partial charge in [0.05, 0.1) is 12.5 Å². The van der Waals surface area contributed by atoms with E-state index in [1.807, 2.05) is 0 Å². The molecule has 0 aromatic carbocycles. The highest BCUT2D eigenvalue weighted by Gasteiger charge is 1.92. The number of nitrogens with zero attached hydrogens (tertiary/aromatic N) is 1. The molecule has 1 nitrogen and oxygen atoms in total. The van der Waals surface area contributed by atoms with E-state index in [1.165, 1.54) is 96.3 Å². The molecule has 0 bridgehead atoms. The van der Waals surface area contributed by atoms with Crippen LogP contribution in [0.15, 0.2) is 12.2 Å². The van der Waals surface area contributed by atoms with E-state index >= 15 is 0 Å². The average molecular weight is 305 g/mol. The molecule has 0 aromatic heterocycles. The molecule has 0 fully saturated rings. The van der Waals surface area contributed by atoms with Crippen LogP contribution in [0.25, 0.3) is 0 Å². The average Bonchev–Trinajstić information content (AvgIpc) is 2.54. The van der Waals surface area contributed by atoms with Gasteiger partial charge in [-0.05, 0) is 32.1 Å². The molecule has 0 aliphatic rings. The number of hydrogen-bond acceptors (Lipinski definition) is 1. The van der Waals surface area contributed by atoms with Crippen LogP contribution in [0.1, 0.15) is 110 Å². The molecule has 0 saturated heterocycles. The Morgan fingerprint density at radius 3 is 1.45 bits per heavy atom. The third kappa shape index (κ3) is 19.2. The summed E-state index contributed by atoms with van der Waals surface area (Å²) in [5.74, 6) is 0. The van der Waals surface area contributed by atoms with E-state index < -0.39 is 0 Å². The molecule has 0 aliphatic carbocycles. The lowest BCUT2D eigenvalue weighted by Gasteiger charge is -2.00. The summed E-state index contributed by atoms with van der Waals surface area (Å²) >= 11 is 0. The fraction of sp³-hybridized carbons (Fsp3) is 0.810. The van der Waals surface area contributed by atoms with Gasteiger partial charge in [0.15, 0.2) is 0 Å². The molecular weight excluding hydrogens is 266 g/mol. The quantitative estimate of drug-likeness (QED) is 0.201. The van der Waals surface area contributed by atoms with Gasteiger partial charge in [-0.25, -0.2) is 0 Å². The lowest BCUT2D eigenvalue weighted by Crippen LogP contribution is -1.81. The highest BCUT2D eigenvalue weighted by molar-refractivity contribution is 4.90. The molecule has 0 rings (SSSR count). The van der Waals surface area contributed by atoms with Crippen LogP contribution in [0.2, 0.25) is 0 Å². The second-order valence-corrected chi connectivity index (χ2v) is 6.41. The Bertz CT molecular complexity index is 262. The SMILES string of the molecule is CCCCCCCCCC=CCCCCCCCC[CH]C#N. The smallest absolute Gasteiger partial charge is 0.0669 e. The molecule has 0 saturated carbocycles. The monoisotopic (exact) mass is 304 g/mol. The van der Waals surface area contributed by atoms with Crippen LogP contribution in [0.5, 0.6) is 0 Å². The maximum atomic E-state index is 8.39. The number of unbranched alkanes of at least 4 members (excludes halogenated alkanes) is 15. The van der Waals surface area contributed by atoms with Crippen molar-refractivity contribution in [2.75, 3.05) is 0 Å². The van der Waals surface area contributed by atoms with Crippen molar-refractivity contribution in [3.8, 4) is 6.07 Å². The van der Waals surface area contributed by atoms with Gasteiger partial charge in [0.25, 0.3) is 0 Å². The lowest BCUT2D eigenvalue weighted by atomic mass is 10.1. The summed E-state index contributed by atoms with van der Waals surface area (Å²) in [5.41, 5.74) is 0. The Morgan fingerprint density at radius 2 is 1.00 bits per heavy atom. The van der Waals surface area contributed by atoms with Crippen molar-refractivity contribution < 1.29 is 0 Å². The van der Waals surface area contributed by atoms with Gasteiger partial charge in [0, 0.05) is 0 Å². The zero-order chi connectivity index (χ0) is 16.1. The molecule has 1 heteroatoms. The minimum absolute atomic E-state index is 0.970. The van der Waals surface area contributed by atoms with Gasteiger partial charge < -0.3 is 0 Å². The molecule has 0 spiro atoms. The number of rotatable bonds is 17. The van der Waals surface area contributed by atoms with Crippen molar-refractivity contribution in [1.82, 2.24) is 0 Å². The van der Waals surface area contributed by atoms with Crippen LogP contribution in [-0.4, -0.2) is 0 Å². The van der Waals surface area contributed by atoms with Crippen LogP contribution in [0.3, 0.4) is 0 Å². The Kier molecular flexibility index (Phi) is 19.5. The van der Waals surface area contributed by atoms with Crippen molar-refractivity contribution >= 4 is 0 Å². The maximum absolute atomic E-state index is 8.39. The van der Waals surface area contributed by atoms with E-state index in [0.717, 1.165) is 6.42 Å². The second-order valence-electron chi connectivity index (χ2n) is 6.41. The summed E-state index contributed by atoms with van der Waals surface area (Å²) in [6.45, 7) is 2.28. The van der Waals surface area contributed by atoms with Crippen LogP contribution in [0, 0.1) is 17.8 Å². The molecule has 127 valence electrons. The zero-order valence-corrected chi connectivity index (χ0v) is 15.0. The van der Waals surface area contributed by atoms with Crippen LogP contribution in [0.4, 0.5) is 0 Å². The van der Waals surface area contributed by atoms with Crippen LogP contribution in [-0.2, 0) is 0 Å². The van der Waals surface area contributed by atoms with Crippen LogP contribution >= 0.6 is 0 Å². The minimum Gasteiger partial charge on any atom is -0.198 e. The second kappa shape index (κ2) is 20.2. The fourth-order valence-corrected chi connectivity index (χ4v) is 2.74. The molecule has 22 heavy (non-hydrogen) atoms.